The number of fused-ring (bicyclic) bond motifs is 2. The SMILES string of the molecule is N#Cc1cccc2c1CCCN(c1cccc(N3CCN(Cc4nc5ccc(C(=O)O)cc5n4C[C@@H]4CCO4)CC3)n1)C2. The van der Waals surface area contributed by atoms with Gasteiger partial charge in [0.05, 0.1) is 47.4 Å². The minimum atomic E-state index is -0.932. The number of nitriles is 1. The number of imidazole rings is 1. The zero-order valence-electron chi connectivity index (χ0n) is 24.2. The average molecular weight is 578 g/mol. The van der Waals surface area contributed by atoms with Crippen LogP contribution in [0.25, 0.3) is 11.0 Å². The normalized spacial score (nSPS) is 19.0. The van der Waals surface area contributed by atoms with Gasteiger partial charge in [-0.25, -0.2) is 14.8 Å². The maximum atomic E-state index is 11.6. The Hall–Kier alpha value is -4.46. The number of carboxylic acids is 1. The molecule has 0 aliphatic carbocycles. The molecule has 0 saturated carbocycles. The van der Waals surface area contributed by atoms with Gasteiger partial charge >= 0.3 is 5.97 Å². The first-order chi connectivity index (χ1) is 21.1. The van der Waals surface area contributed by atoms with Gasteiger partial charge in [-0.05, 0) is 66.8 Å². The van der Waals surface area contributed by atoms with E-state index >= 15 is 0 Å². The zero-order chi connectivity index (χ0) is 29.3. The number of hydrogen-bond donors (Lipinski definition) is 1. The van der Waals surface area contributed by atoms with Crippen LogP contribution in [-0.4, -0.2) is 75.9 Å². The number of benzene rings is 2. The molecule has 1 atom stereocenters. The number of carbonyl (C=O) groups is 1. The molecule has 10 heteroatoms. The second-order valence-corrected chi connectivity index (χ2v) is 11.6. The van der Waals surface area contributed by atoms with E-state index in [4.69, 9.17) is 14.7 Å². The molecule has 7 rings (SSSR count). The molecular weight excluding hydrogens is 542 g/mol. The van der Waals surface area contributed by atoms with Gasteiger partial charge in [0.15, 0.2) is 0 Å². The van der Waals surface area contributed by atoms with Crippen molar-refractivity contribution in [2.75, 3.05) is 49.1 Å². The summed E-state index contributed by atoms with van der Waals surface area (Å²) in [7, 11) is 0. The topological polar surface area (TPSA) is 111 Å². The van der Waals surface area contributed by atoms with Crippen molar-refractivity contribution in [1.29, 1.82) is 5.26 Å². The maximum Gasteiger partial charge on any atom is 0.335 e. The van der Waals surface area contributed by atoms with E-state index in [1.165, 1.54) is 11.1 Å². The number of ether oxygens (including phenoxy) is 1. The van der Waals surface area contributed by atoms with Gasteiger partial charge in [-0.15, -0.1) is 0 Å². The summed E-state index contributed by atoms with van der Waals surface area (Å²) in [6.45, 7) is 7.30. The van der Waals surface area contributed by atoms with Crippen molar-refractivity contribution < 1.29 is 14.6 Å². The molecule has 0 amide bonds. The first-order valence-electron chi connectivity index (χ1n) is 15.1. The Morgan fingerprint density at radius 2 is 1.79 bits per heavy atom. The van der Waals surface area contributed by atoms with Gasteiger partial charge in [0.2, 0.25) is 0 Å². The Bertz CT molecular complexity index is 1700. The molecule has 220 valence electrons. The number of hydrogen-bond acceptors (Lipinski definition) is 8. The molecular formula is C33H35N7O3. The van der Waals surface area contributed by atoms with E-state index in [0.29, 0.717) is 13.1 Å². The van der Waals surface area contributed by atoms with Crippen molar-refractivity contribution in [3.63, 3.8) is 0 Å². The smallest absolute Gasteiger partial charge is 0.335 e. The van der Waals surface area contributed by atoms with Gasteiger partial charge in [-0.1, -0.05) is 18.2 Å². The van der Waals surface area contributed by atoms with E-state index in [1.54, 1.807) is 12.1 Å². The molecule has 3 aliphatic heterocycles. The summed E-state index contributed by atoms with van der Waals surface area (Å²) in [5.74, 6) is 1.98. The summed E-state index contributed by atoms with van der Waals surface area (Å²) in [6.07, 6.45) is 3.06. The number of rotatable bonds is 7. The van der Waals surface area contributed by atoms with Crippen molar-refractivity contribution in [3.05, 3.63) is 82.7 Å². The summed E-state index contributed by atoms with van der Waals surface area (Å²) in [6, 6.07) is 19.8. The molecule has 5 heterocycles. The molecule has 0 spiro atoms. The fourth-order valence-electron chi connectivity index (χ4n) is 6.47. The van der Waals surface area contributed by atoms with Crippen LogP contribution in [0.2, 0.25) is 0 Å². The monoisotopic (exact) mass is 577 g/mol. The highest BCUT2D eigenvalue weighted by Gasteiger charge is 2.25. The van der Waals surface area contributed by atoms with Crippen molar-refractivity contribution in [3.8, 4) is 6.07 Å². The Kier molecular flexibility index (Phi) is 7.43. The highest BCUT2D eigenvalue weighted by Crippen LogP contribution is 2.28. The number of piperazine rings is 1. The van der Waals surface area contributed by atoms with Crippen LogP contribution >= 0.6 is 0 Å². The fraction of sp³-hybridized carbons (Fsp3) is 0.394. The van der Waals surface area contributed by atoms with E-state index in [1.807, 2.05) is 18.2 Å². The quantitative estimate of drug-likeness (QED) is 0.348. The van der Waals surface area contributed by atoms with Crippen LogP contribution in [0.3, 0.4) is 0 Å². The number of carboxylic acid groups (broad SMARTS) is 1. The molecule has 2 aromatic heterocycles. The lowest BCUT2D eigenvalue weighted by molar-refractivity contribution is -0.0592. The van der Waals surface area contributed by atoms with Crippen molar-refractivity contribution in [2.24, 2.45) is 0 Å². The van der Waals surface area contributed by atoms with E-state index < -0.39 is 5.97 Å². The number of pyridine rings is 1. The second kappa shape index (κ2) is 11.7. The number of aromatic carboxylic acids is 1. The predicted molar refractivity (Wildman–Crippen MR) is 163 cm³/mol. The van der Waals surface area contributed by atoms with Crippen LogP contribution in [0.4, 0.5) is 11.6 Å². The van der Waals surface area contributed by atoms with Crippen LogP contribution in [0.1, 0.15) is 45.7 Å². The Labute approximate surface area is 250 Å². The third-order valence-corrected chi connectivity index (χ3v) is 8.97. The van der Waals surface area contributed by atoms with Crippen LogP contribution in [-0.2, 0) is 30.8 Å². The van der Waals surface area contributed by atoms with Gasteiger partial charge in [0.25, 0.3) is 0 Å². The van der Waals surface area contributed by atoms with Gasteiger partial charge in [0.1, 0.15) is 17.5 Å². The van der Waals surface area contributed by atoms with E-state index in [-0.39, 0.29) is 11.7 Å². The molecule has 3 aliphatic rings. The third-order valence-electron chi connectivity index (χ3n) is 8.97. The van der Waals surface area contributed by atoms with Gasteiger partial charge in [-0.3, -0.25) is 4.90 Å². The molecule has 2 fully saturated rings. The highest BCUT2D eigenvalue weighted by molar-refractivity contribution is 5.92. The minimum Gasteiger partial charge on any atom is -0.478 e. The minimum absolute atomic E-state index is 0.144. The van der Waals surface area contributed by atoms with Gasteiger partial charge in [0, 0.05) is 45.9 Å². The summed E-state index contributed by atoms with van der Waals surface area (Å²) < 4.78 is 7.87. The van der Waals surface area contributed by atoms with Gasteiger partial charge < -0.3 is 24.2 Å². The van der Waals surface area contributed by atoms with Crippen molar-refractivity contribution >= 4 is 28.6 Å². The van der Waals surface area contributed by atoms with Crippen LogP contribution in [0.5, 0.6) is 0 Å². The lowest BCUT2D eigenvalue weighted by Crippen LogP contribution is -2.46. The maximum absolute atomic E-state index is 11.6. The first-order valence-corrected chi connectivity index (χ1v) is 15.1. The molecule has 2 aromatic carbocycles. The Morgan fingerprint density at radius 3 is 2.53 bits per heavy atom. The first kappa shape index (κ1) is 27.4. The van der Waals surface area contributed by atoms with Crippen molar-refractivity contribution in [2.45, 2.75) is 45.0 Å². The summed E-state index contributed by atoms with van der Waals surface area (Å²) in [5.41, 5.74) is 5.12. The predicted octanol–water partition coefficient (Wildman–Crippen LogP) is 4.07. The van der Waals surface area contributed by atoms with Gasteiger partial charge in [-0.2, -0.15) is 5.26 Å². The molecule has 0 radical (unpaired) electrons. The number of aromatic nitrogens is 3. The van der Waals surface area contributed by atoms with E-state index in [0.717, 1.165) is 99.2 Å². The summed E-state index contributed by atoms with van der Waals surface area (Å²) in [5, 5.41) is 19.1. The molecule has 10 nitrogen and oxygen atoms in total. The third kappa shape index (κ3) is 5.54. The summed E-state index contributed by atoms with van der Waals surface area (Å²) >= 11 is 0. The van der Waals surface area contributed by atoms with Crippen molar-refractivity contribution in [1.82, 2.24) is 19.4 Å². The fourth-order valence-corrected chi connectivity index (χ4v) is 6.47. The number of nitrogens with zero attached hydrogens (tertiary/aromatic N) is 7. The molecule has 43 heavy (non-hydrogen) atoms. The molecule has 2 saturated heterocycles. The van der Waals surface area contributed by atoms with Crippen LogP contribution < -0.4 is 9.80 Å². The molecule has 0 unspecified atom stereocenters. The molecule has 0 bridgehead atoms. The molecule has 1 N–H and O–H groups in total. The lowest BCUT2D eigenvalue weighted by atomic mass is 9.99. The van der Waals surface area contributed by atoms with E-state index in [2.05, 4.69) is 49.6 Å². The average Bonchev–Trinajstić information content (AvgIpc) is 3.18. The molecule has 4 aromatic rings. The van der Waals surface area contributed by atoms with E-state index in [9.17, 15) is 15.2 Å². The number of anilines is 2. The standard InChI is InChI=1S/C33H35N7O3/c34-19-24-4-1-5-25-20-39(12-3-6-27(24)25)31-8-2-7-30(36-31)38-15-13-37(14-16-38)22-32-35-28-10-9-23(33(41)42)18-29(28)40(32)21-26-11-17-43-26/h1-2,4-5,7-10,18,26H,3,6,11-17,20-22H2,(H,41,42)/t26-/m0/s1. The Morgan fingerprint density at radius 1 is 1.00 bits per heavy atom. The Balaban J connectivity index is 1.04. The highest BCUT2D eigenvalue weighted by atomic mass is 16.5. The zero-order valence-corrected chi connectivity index (χ0v) is 24.2. The largest absolute Gasteiger partial charge is 0.478 e. The lowest BCUT2D eigenvalue weighted by Gasteiger charge is -2.36. The summed E-state index contributed by atoms with van der Waals surface area (Å²) in [4.78, 5) is 28.7. The van der Waals surface area contributed by atoms with Crippen LogP contribution in [0, 0.1) is 11.3 Å². The second-order valence-electron chi connectivity index (χ2n) is 11.6. The van der Waals surface area contributed by atoms with Crippen LogP contribution in [0.15, 0.2) is 54.6 Å².